The van der Waals surface area contributed by atoms with Crippen LogP contribution >= 0.6 is 69.6 Å². The van der Waals surface area contributed by atoms with E-state index in [1.54, 1.807) is 0 Å². The van der Waals surface area contributed by atoms with Crippen LogP contribution in [0.3, 0.4) is 0 Å². The summed E-state index contributed by atoms with van der Waals surface area (Å²) in [5.74, 6) is -1.01. The minimum Gasteiger partial charge on any atom is -0.480 e. The molecule has 1 aliphatic heterocycles. The van der Waals surface area contributed by atoms with Gasteiger partial charge in [-0.15, -0.1) is 0 Å². The molecule has 0 bridgehead atoms. The maximum Gasteiger partial charge on any atom is 0.515 e. The predicted molar refractivity (Wildman–Crippen MR) is 142 cm³/mol. The number of nitrogens with two attached hydrogens (primary N) is 1. The second-order valence-electron chi connectivity index (χ2n) is 6.69. The van der Waals surface area contributed by atoms with Crippen LogP contribution in [0.2, 0.25) is 0 Å². The molecule has 4 N–H and O–H groups in total. The molecule has 0 spiro atoms. The molecular formula is C20H34Cl6N2O8. The zero-order valence-corrected chi connectivity index (χ0v) is 25.3. The Morgan fingerprint density at radius 2 is 1.33 bits per heavy atom. The third-order valence-corrected chi connectivity index (χ3v) is 4.94. The first-order chi connectivity index (χ1) is 16.4. The summed E-state index contributed by atoms with van der Waals surface area (Å²) in [6.07, 6.45) is 1.40. The van der Waals surface area contributed by atoms with Gasteiger partial charge >= 0.3 is 32.1 Å². The van der Waals surface area contributed by atoms with Crippen molar-refractivity contribution in [2.24, 2.45) is 17.6 Å². The van der Waals surface area contributed by atoms with Gasteiger partial charge in [-0.3, -0.25) is 4.79 Å². The first-order valence-electron chi connectivity index (χ1n) is 11.0. The van der Waals surface area contributed by atoms with Gasteiger partial charge in [0.15, 0.2) is 0 Å². The number of nitrogens with one attached hydrogen (secondary N) is 1. The lowest BCUT2D eigenvalue weighted by atomic mass is 9.95. The van der Waals surface area contributed by atoms with Crippen LogP contribution in [0.15, 0.2) is 0 Å². The maximum atomic E-state index is 11.0. The van der Waals surface area contributed by atoms with E-state index in [0.717, 1.165) is 25.7 Å². The molecule has 1 aliphatic rings. The van der Waals surface area contributed by atoms with Crippen LogP contribution in [0.25, 0.3) is 0 Å². The highest BCUT2D eigenvalue weighted by molar-refractivity contribution is 6.67. The van der Waals surface area contributed by atoms with Crippen molar-refractivity contribution in [1.82, 2.24) is 5.32 Å². The molecule has 0 radical (unpaired) electrons. The van der Waals surface area contributed by atoms with Crippen LogP contribution in [-0.4, -0.2) is 49.3 Å². The van der Waals surface area contributed by atoms with Crippen LogP contribution in [-0.2, 0) is 23.8 Å². The summed E-state index contributed by atoms with van der Waals surface area (Å²) < 4.78 is 7.87. The minimum absolute atomic E-state index is 0.123. The van der Waals surface area contributed by atoms with Crippen LogP contribution in [0.1, 0.15) is 67.2 Å². The van der Waals surface area contributed by atoms with Crippen LogP contribution < -0.4 is 11.1 Å². The van der Waals surface area contributed by atoms with Crippen LogP contribution in [0.5, 0.6) is 0 Å². The van der Waals surface area contributed by atoms with Gasteiger partial charge in [-0.1, -0.05) is 67.2 Å². The van der Waals surface area contributed by atoms with E-state index >= 15 is 0 Å². The summed E-state index contributed by atoms with van der Waals surface area (Å²) in [6.45, 7) is 11.9. The highest BCUT2D eigenvalue weighted by Crippen LogP contribution is 2.32. The maximum absolute atomic E-state index is 11.0. The van der Waals surface area contributed by atoms with Gasteiger partial charge in [-0.2, -0.15) is 0 Å². The number of carboxylic acid groups (broad SMARTS) is 1. The zero-order valence-electron chi connectivity index (χ0n) is 20.8. The first kappa shape index (κ1) is 39.9. The molecule has 1 saturated heterocycles. The summed E-state index contributed by atoms with van der Waals surface area (Å²) in [5.41, 5.74) is 5.38. The highest BCUT2D eigenvalue weighted by atomic mass is 35.6. The number of esters is 1. The molecule has 0 aliphatic carbocycles. The van der Waals surface area contributed by atoms with E-state index in [-0.39, 0.29) is 11.8 Å². The molecule has 1 rings (SSSR count). The van der Waals surface area contributed by atoms with E-state index in [4.69, 9.17) is 80.4 Å². The molecular weight excluding hydrogens is 609 g/mol. The standard InChI is InChI=1S/C8H13NO3.C7H15NO2.C3Cl6O3.C2H6/c1-3-5(4-2)6-7(10)12-8(11)9-6;1-3-5(4-2)6(8)7(9)10;4-2(5,6)11-1(10)12-3(7,8)9;1-2/h5-6H,3-4H2,1-2H3,(H,9,11);5-6H,3-4,8H2,1-2H3,(H,9,10);;1-2H3. The molecule has 2 unspecified atom stereocenters. The molecule has 0 aromatic carbocycles. The smallest absolute Gasteiger partial charge is 0.480 e. The van der Waals surface area contributed by atoms with Gasteiger partial charge in [0.25, 0.3) is 0 Å². The van der Waals surface area contributed by atoms with Crippen molar-refractivity contribution >= 4 is 93.8 Å². The number of halogens is 6. The van der Waals surface area contributed by atoms with Crippen molar-refractivity contribution in [2.45, 2.75) is 87.3 Å². The molecule has 36 heavy (non-hydrogen) atoms. The molecule has 2 atom stereocenters. The number of hydrogen-bond donors (Lipinski definition) is 3. The largest absolute Gasteiger partial charge is 0.515 e. The van der Waals surface area contributed by atoms with Gasteiger partial charge in [0, 0.05) is 0 Å². The second-order valence-corrected chi connectivity index (χ2v) is 11.0. The van der Waals surface area contributed by atoms with Gasteiger partial charge < -0.3 is 30.4 Å². The molecule has 1 fully saturated rings. The van der Waals surface area contributed by atoms with E-state index in [9.17, 15) is 19.2 Å². The topological polar surface area (TPSA) is 154 Å². The van der Waals surface area contributed by atoms with Crippen molar-refractivity contribution in [3.05, 3.63) is 0 Å². The normalized spacial score (nSPS) is 15.7. The van der Waals surface area contributed by atoms with E-state index in [2.05, 4.69) is 19.5 Å². The number of carboxylic acids is 1. The summed E-state index contributed by atoms with van der Waals surface area (Å²) in [6, 6.07) is -1.11. The average Bonchev–Trinajstić information content (AvgIpc) is 3.07. The minimum atomic E-state index is -2.24. The van der Waals surface area contributed by atoms with Gasteiger partial charge in [0.1, 0.15) is 12.1 Å². The van der Waals surface area contributed by atoms with Gasteiger partial charge in [-0.05, 0) is 81.4 Å². The van der Waals surface area contributed by atoms with Gasteiger partial charge in [-0.25, -0.2) is 14.4 Å². The van der Waals surface area contributed by atoms with E-state index in [1.165, 1.54) is 0 Å². The number of alkyl carbamates (subject to hydrolysis) is 1. The molecule has 16 heteroatoms. The zero-order chi connectivity index (χ0) is 29.3. The predicted octanol–water partition coefficient (Wildman–Crippen LogP) is 6.71. The van der Waals surface area contributed by atoms with Gasteiger partial charge in [0.2, 0.25) is 0 Å². The Labute approximate surface area is 241 Å². The van der Waals surface area contributed by atoms with Crippen molar-refractivity contribution in [1.29, 1.82) is 0 Å². The molecule has 214 valence electrons. The fraction of sp³-hybridized carbons (Fsp3) is 0.800. The van der Waals surface area contributed by atoms with Crippen molar-refractivity contribution in [3.63, 3.8) is 0 Å². The fourth-order valence-electron chi connectivity index (χ4n) is 2.65. The van der Waals surface area contributed by atoms with E-state index in [1.807, 2.05) is 41.5 Å². The van der Waals surface area contributed by atoms with Crippen LogP contribution in [0.4, 0.5) is 9.59 Å². The lowest BCUT2D eigenvalue weighted by Crippen LogP contribution is -2.37. The number of cyclic esters (lactones) is 2. The number of carbonyl (C=O) groups excluding carboxylic acids is 3. The highest BCUT2D eigenvalue weighted by Gasteiger charge is 2.36. The lowest BCUT2D eigenvalue weighted by Gasteiger charge is -2.15. The summed E-state index contributed by atoms with van der Waals surface area (Å²) in [4.78, 5) is 42.5. The van der Waals surface area contributed by atoms with E-state index in [0.29, 0.717) is 0 Å². The Balaban J connectivity index is -0.000000440. The van der Waals surface area contributed by atoms with Crippen LogP contribution in [0, 0.1) is 11.8 Å². The molecule has 0 saturated carbocycles. The number of carbonyl (C=O) groups is 4. The number of ether oxygens (including phenoxy) is 3. The Morgan fingerprint density at radius 1 is 0.944 bits per heavy atom. The number of rotatable bonds is 7. The quantitative estimate of drug-likeness (QED) is 0.156. The van der Waals surface area contributed by atoms with Crippen molar-refractivity contribution < 1.29 is 38.5 Å². The SMILES string of the molecule is CC.CCC(CC)C(N)C(=O)O.CCC(CC)C1NC(=O)OC1=O.O=C(OC(Cl)(Cl)Cl)OC(Cl)(Cl)Cl. The van der Waals surface area contributed by atoms with E-state index < -0.39 is 44.2 Å². The number of hydrogen-bond acceptors (Lipinski definition) is 8. The first-order valence-corrected chi connectivity index (χ1v) is 13.2. The Morgan fingerprint density at radius 3 is 1.53 bits per heavy atom. The van der Waals surface area contributed by atoms with Crippen molar-refractivity contribution in [3.8, 4) is 0 Å². The summed E-state index contributed by atoms with van der Waals surface area (Å²) >= 11 is 30.2. The Bertz CT molecular complexity index is 648. The van der Waals surface area contributed by atoms with Crippen molar-refractivity contribution in [2.75, 3.05) is 0 Å². The Hall–Kier alpha value is -0.620. The lowest BCUT2D eigenvalue weighted by molar-refractivity contribution is -0.140. The molecule has 1 heterocycles. The molecule has 1 amide bonds. The second kappa shape index (κ2) is 20.4. The fourth-order valence-corrected chi connectivity index (χ4v) is 3.03. The summed E-state index contributed by atoms with van der Waals surface area (Å²) in [7, 11) is 0. The monoisotopic (exact) mass is 640 g/mol. The third kappa shape index (κ3) is 20.4. The molecule has 0 aromatic rings. The van der Waals surface area contributed by atoms with Gasteiger partial charge in [0.05, 0.1) is 0 Å². The average molecular weight is 643 g/mol. The summed E-state index contributed by atoms with van der Waals surface area (Å²) in [5, 5.41) is 11.0. The third-order valence-electron chi connectivity index (χ3n) is 4.48. The molecule has 0 aromatic heterocycles. The number of alkyl halides is 6. The number of amides is 1. The Kier molecular flexibility index (Phi) is 22.6. The molecule has 10 nitrogen and oxygen atoms in total. The number of aliphatic carboxylic acids is 1.